The highest BCUT2D eigenvalue weighted by atomic mass is 32.2. The number of carbonyl (C=O) groups excluding carboxylic acids is 4. The van der Waals surface area contributed by atoms with Gasteiger partial charge in [-0.05, 0) is 24.3 Å². The van der Waals surface area contributed by atoms with Crippen molar-refractivity contribution >= 4 is 40.5 Å². The summed E-state index contributed by atoms with van der Waals surface area (Å²) in [4.78, 5) is 46.4. The van der Waals surface area contributed by atoms with Gasteiger partial charge in [0.2, 0.25) is 5.91 Å². The largest absolute Gasteiger partial charge is 0.573 e. The van der Waals surface area contributed by atoms with Crippen molar-refractivity contribution in [2.24, 2.45) is 0 Å². The molecule has 0 aliphatic rings. The van der Waals surface area contributed by atoms with Gasteiger partial charge in [-0.1, -0.05) is 11.8 Å². The molecule has 0 aliphatic heterocycles. The van der Waals surface area contributed by atoms with Crippen molar-refractivity contribution in [2.45, 2.75) is 18.8 Å². The van der Waals surface area contributed by atoms with Crippen LogP contribution in [0.5, 0.6) is 5.75 Å². The van der Waals surface area contributed by atoms with Crippen LogP contribution in [0.15, 0.2) is 24.3 Å². The van der Waals surface area contributed by atoms with E-state index in [4.69, 9.17) is 0 Å². The number of rotatable bonds is 8. The molecule has 0 unspecified atom stereocenters. The fourth-order valence-electron chi connectivity index (χ4n) is 1.81. The second kappa shape index (κ2) is 11.1. The van der Waals surface area contributed by atoms with Gasteiger partial charge in [-0.15, -0.1) is 13.2 Å². The average molecular weight is 438 g/mol. The van der Waals surface area contributed by atoms with Crippen molar-refractivity contribution in [1.29, 1.82) is 0 Å². The second-order valence-electron chi connectivity index (χ2n) is 5.19. The van der Waals surface area contributed by atoms with E-state index < -0.39 is 47.7 Å². The molecule has 29 heavy (non-hydrogen) atoms. The summed E-state index contributed by atoms with van der Waals surface area (Å²) in [6.07, 6.45) is -5.45. The number of amides is 2. The number of hydrogen-bond donors (Lipinski definition) is 2. The molecule has 0 bridgehead atoms. The number of hydrogen-bond acceptors (Lipinski definition) is 8. The van der Waals surface area contributed by atoms with Crippen LogP contribution in [0.25, 0.3) is 0 Å². The van der Waals surface area contributed by atoms with Gasteiger partial charge in [0.25, 0.3) is 5.24 Å². The number of nitrogens with one attached hydrogen (secondary N) is 2. The van der Waals surface area contributed by atoms with E-state index in [9.17, 15) is 32.3 Å². The molecule has 160 valence electrons. The predicted octanol–water partition coefficient (Wildman–Crippen LogP) is 2.07. The van der Waals surface area contributed by atoms with Crippen LogP contribution in [0.1, 0.15) is 6.42 Å². The number of carbonyl (C=O) groups is 4. The van der Waals surface area contributed by atoms with Crippen LogP contribution < -0.4 is 15.4 Å². The van der Waals surface area contributed by atoms with Gasteiger partial charge in [-0.3, -0.25) is 14.4 Å². The minimum absolute atomic E-state index is 0.182. The average Bonchev–Trinajstić information content (AvgIpc) is 2.64. The van der Waals surface area contributed by atoms with E-state index in [1.165, 1.54) is 12.1 Å². The maximum Gasteiger partial charge on any atom is 0.573 e. The van der Waals surface area contributed by atoms with E-state index in [1.54, 1.807) is 0 Å². The van der Waals surface area contributed by atoms with Crippen LogP contribution >= 0.6 is 11.8 Å². The summed E-state index contributed by atoms with van der Waals surface area (Å²) in [7, 11) is 2.17. The summed E-state index contributed by atoms with van der Waals surface area (Å²) >= 11 is 0.611. The van der Waals surface area contributed by atoms with Crippen LogP contribution in [0.2, 0.25) is 0 Å². The van der Waals surface area contributed by atoms with Gasteiger partial charge in [0, 0.05) is 11.4 Å². The van der Waals surface area contributed by atoms with Crippen molar-refractivity contribution in [3.8, 4) is 5.75 Å². The summed E-state index contributed by atoms with van der Waals surface area (Å²) in [6, 6.07) is 3.19. The first kappa shape index (κ1) is 24.1. The molecule has 1 aromatic rings. The molecule has 0 fully saturated rings. The van der Waals surface area contributed by atoms with Crippen molar-refractivity contribution in [3.63, 3.8) is 0 Å². The molecule has 0 saturated carbocycles. The van der Waals surface area contributed by atoms with Gasteiger partial charge in [0.05, 0.1) is 14.2 Å². The second-order valence-corrected chi connectivity index (χ2v) is 6.18. The molecule has 9 nitrogen and oxygen atoms in total. The normalized spacial score (nSPS) is 11.8. The third kappa shape index (κ3) is 9.69. The summed E-state index contributed by atoms with van der Waals surface area (Å²) in [5, 5.41) is 3.98. The molecule has 0 heterocycles. The smallest absolute Gasteiger partial charge is 0.469 e. The Morgan fingerprint density at radius 2 is 1.69 bits per heavy atom. The van der Waals surface area contributed by atoms with E-state index in [0.717, 1.165) is 26.4 Å². The monoisotopic (exact) mass is 438 g/mol. The van der Waals surface area contributed by atoms with Crippen molar-refractivity contribution in [2.75, 3.05) is 25.3 Å². The number of thioether (sulfide) groups is 1. The lowest BCUT2D eigenvalue weighted by Gasteiger charge is -2.15. The molecular weight excluding hydrogens is 421 g/mol. The van der Waals surface area contributed by atoms with E-state index in [-0.39, 0.29) is 11.4 Å². The van der Waals surface area contributed by atoms with Crippen LogP contribution in [0.3, 0.4) is 0 Å². The van der Waals surface area contributed by atoms with Gasteiger partial charge in [-0.2, -0.15) is 0 Å². The molecule has 0 aliphatic carbocycles. The zero-order valence-electron chi connectivity index (χ0n) is 15.2. The van der Waals surface area contributed by atoms with Gasteiger partial charge >= 0.3 is 18.3 Å². The Labute approximate surface area is 167 Å². The molecule has 0 spiro atoms. The van der Waals surface area contributed by atoms with Crippen LogP contribution in [0.4, 0.5) is 23.7 Å². The van der Waals surface area contributed by atoms with Gasteiger partial charge in [0.1, 0.15) is 18.2 Å². The highest BCUT2D eigenvalue weighted by molar-refractivity contribution is 8.13. The molecule has 1 atom stereocenters. The Kier molecular flexibility index (Phi) is 9.25. The highest BCUT2D eigenvalue weighted by Crippen LogP contribution is 2.24. The maximum atomic E-state index is 12.1. The number of ether oxygens (including phenoxy) is 3. The Hall–Kier alpha value is -2.96. The molecule has 0 aromatic heterocycles. The first-order valence-electron chi connectivity index (χ1n) is 7.77. The Morgan fingerprint density at radius 3 is 2.21 bits per heavy atom. The van der Waals surface area contributed by atoms with Gasteiger partial charge in [-0.25, -0.2) is 4.79 Å². The van der Waals surface area contributed by atoms with Crippen molar-refractivity contribution < 1.29 is 46.6 Å². The van der Waals surface area contributed by atoms with Crippen molar-refractivity contribution in [1.82, 2.24) is 5.32 Å². The minimum atomic E-state index is -4.83. The first-order valence-corrected chi connectivity index (χ1v) is 8.76. The summed E-state index contributed by atoms with van der Waals surface area (Å²) in [5.74, 6) is -3.12. The highest BCUT2D eigenvalue weighted by Gasteiger charge is 2.31. The molecule has 2 amide bonds. The predicted molar refractivity (Wildman–Crippen MR) is 95.2 cm³/mol. The fraction of sp³-hybridized carbons (Fsp3) is 0.375. The molecule has 2 N–H and O–H groups in total. The Bertz CT molecular complexity index is 741. The number of alkyl halides is 3. The molecular formula is C16H17F3N2O7S. The number of anilines is 1. The standard InChI is InChI=1S/C16H17F3N2O7S/c1-26-13(23)7-12(22)21-11(14(24)27-2)8-29-15(25)20-9-3-5-10(6-4-9)28-16(17,18)19/h3-6,11H,7-8H2,1-2H3,(H,20,25)(H,21,22)/t11-/m0/s1. The van der Waals surface area contributed by atoms with Gasteiger partial charge < -0.3 is 24.8 Å². The molecule has 13 heteroatoms. The molecule has 0 saturated heterocycles. The zero-order chi connectivity index (χ0) is 22.0. The molecule has 1 rings (SSSR count). The van der Waals surface area contributed by atoms with Gasteiger partial charge in [0.15, 0.2) is 0 Å². The summed E-state index contributed by atoms with van der Waals surface area (Å²) in [6.45, 7) is 0. The fourth-order valence-corrected chi connectivity index (χ4v) is 2.54. The zero-order valence-corrected chi connectivity index (χ0v) is 16.0. The topological polar surface area (TPSA) is 120 Å². The number of benzene rings is 1. The third-order valence-electron chi connectivity index (χ3n) is 3.07. The van der Waals surface area contributed by atoms with E-state index in [2.05, 4.69) is 24.8 Å². The van der Waals surface area contributed by atoms with Crippen LogP contribution in [0, 0.1) is 0 Å². The minimum Gasteiger partial charge on any atom is -0.469 e. The lowest BCUT2D eigenvalue weighted by atomic mass is 10.3. The Morgan fingerprint density at radius 1 is 1.07 bits per heavy atom. The summed E-state index contributed by atoms with van der Waals surface area (Å²) in [5.41, 5.74) is 0.182. The van der Waals surface area contributed by atoms with E-state index >= 15 is 0 Å². The SMILES string of the molecule is COC(=O)CC(=O)N[C@@H](CSC(=O)Nc1ccc(OC(F)(F)F)cc1)C(=O)OC. The lowest BCUT2D eigenvalue weighted by molar-refractivity contribution is -0.274. The van der Waals surface area contributed by atoms with Crippen LogP contribution in [-0.4, -0.2) is 55.5 Å². The molecule has 1 aromatic carbocycles. The Balaban J connectivity index is 2.59. The molecule has 0 radical (unpaired) electrons. The number of methoxy groups -OCH3 is 2. The van der Waals surface area contributed by atoms with E-state index in [1.807, 2.05) is 0 Å². The number of halogens is 3. The lowest BCUT2D eigenvalue weighted by Crippen LogP contribution is -2.44. The van der Waals surface area contributed by atoms with E-state index in [0.29, 0.717) is 11.8 Å². The van der Waals surface area contributed by atoms with Crippen molar-refractivity contribution in [3.05, 3.63) is 24.3 Å². The quantitative estimate of drug-likeness (QED) is 0.468. The number of esters is 2. The summed E-state index contributed by atoms with van der Waals surface area (Å²) < 4.78 is 48.9. The van der Waals surface area contributed by atoms with Crippen LogP contribution in [-0.2, 0) is 23.9 Å². The maximum absolute atomic E-state index is 12.1. The first-order chi connectivity index (χ1) is 13.5. The third-order valence-corrected chi connectivity index (χ3v) is 3.93.